The zero-order valence-corrected chi connectivity index (χ0v) is 22.3. The van der Waals surface area contributed by atoms with Gasteiger partial charge < -0.3 is 33.9 Å². The maximum absolute atomic E-state index is 14.6. The Morgan fingerprint density at radius 2 is 1.79 bits per heavy atom. The second kappa shape index (κ2) is 10.2. The second-order valence-corrected chi connectivity index (χ2v) is 9.39. The van der Waals surface area contributed by atoms with Gasteiger partial charge in [-0.3, -0.25) is 9.59 Å². The highest BCUT2D eigenvalue weighted by atomic mass is 16.5. The number of methoxy groups -OCH3 is 3. The Kier molecular flexibility index (Phi) is 6.82. The molecule has 1 amide bonds. The second-order valence-electron chi connectivity index (χ2n) is 9.39. The summed E-state index contributed by atoms with van der Waals surface area (Å²) in [4.78, 5) is 31.5. The number of aliphatic hydroxyl groups excluding tert-OH is 1. The van der Waals surface area contributed by atoms with Gasteiger partial charge >= 0.3 is 0 Å². The molecule has 3 aromatic rings. The molecule has 1 unspecified atom stereocenters. The van der Waals surface area contributed by atoms with Gasteiger partial charge in [0.1, 0.15) is 18.1 Å². The fourth-order valence-electron chi connectivity index (χ4n) is 5.13. The number of benzene rings is 3. The van der Waals surface area contributed by atoms with Crippen LogP contribution >= 0.6 is 0 Å². The molecule has 0 saturated carbocycles. The van der Waals surface area contributed by atoms with Gasteiger partial charge in [-0.05, 0) is 53.6 Å². The molecule has 2 aliphatic rings. The third-order valence-electron chi connectivity index (χ3n) is 7.20. The number of hydrogen-bond donors (Lipinski definition) is 1. The molecule has 0 spiro atoms. The lowest BCUT2D eigenvalue weighted by Crippen LogP contribution is -2.49. The van der Waals surface area contributed by atoms with Gasteiger partial charge in [0.2, 0.25) is 0 Å². The fourth-order valence-corrected chi connectivity index (χ4v) is 5.13. The number of nitrogens with zero attached hydrogens (tertiary/aromatic N) is 2. The van der Waals surface area contributed by atoms with Crippen LogP contribution in [0.4, 0.5) is 5.69 Å². The van der Waals surface area contributed by atoms with Crippen LogP contribution in [0.3, 0.4) is 0 Å². The van der Waals surface area contributed by atoms with Crippen LogP contribution in [0, 0.1) is 0 Å². The van der Waals surface area contributed by atoms with E-state index in [1.165, 1.54) is 25.2 Å². The molecular weight excluding hydrogens is 500 g/mol. The zero-order chi connectivity index (χ0) is 27.7. The first-order chi connectivity index (χ1) is 18.8. The van der Waals surface area contributed by atoms with Gasteiger partial charge in [-0.25, -0.2) is 0 Å². The molecular formula is C30H30N2O7. The molecule has 1 atom stereocenters. The third kappa shape index (κ3) is 4.39. The average molecular weight is 531 g/mol. The van der Waals surface area contributed by atoms with Gasteiger partial charge in [0.25, 0.3) is 5.91 Å². The molecule has 0 radical (unpaired) electrons. The van der Waals surface area contributed by atoms with Crippen molar-refractivity contribution >= 4 is 17.4 Å². The average Bonchev–Trinajstić information content (AvgIpc) is 3.22. The minimum absolute atomic E-state index is 0.0324. The smallest absolute Gasteiger partial charge is 0.290 e. The molecule has 1 N–H and O–H groups in total. The fraction of sp³-hybridized carbons (Fsp3) is 0.267. The number of hydrogen-bond acceptors (Lipinski definition) is 8. The highest BCUT2D eigenvalue weighted by Crippen LogP contribution is 2.45. The summed E-state index contributed by atoms with van der Waals surface area (Å²) in [5.74, 6) is 0.560. The lowest BCUT2D eigenvalue weighted by Gasteiger charge is -2.37. The van der Waals surface area contributed by atoms with Crippen LogP contribution < -0.4 is 23.8 Å². The van der Waals surface area contributed by atoms with Gasteiger partial charge in [-0.1, -0.05) is 18.2 Å². The first-order valence-electron chi connectivity index (χ1n) is 12.4. The maximum atomic E-state index is 14.6. The number of ketones is 1. The molecule has 0 bridgehead atoms. The molecule has 9 nitrogen and oxygen atoms in total. The SMILES string of the molecule is COc1cccc(CN2C(=O)C(O)=CC2(C(=O)c2ccc3c(c2)N(C)CCO3)c2ccc(OC)c(OC)c2)c1. The lowest BCUT2D eigenvalue weighted by atomic mass is 9.81. The summed E-state index contributed by atoms with van der Waals surface area (Å²) in [6.07, 6.45) is 1.32. The van der Waals surface area contributed by atoms with E-state index in [9.17, 15) is 14.7 Å². The van der Waals surface area contributed by atoms with E-state index in [2.05, 4.69) is 0 Å². The summed E-state index contributed by atoms with van der Waals surface area (Å²) >= 11 is 0. The topological polar surface area (TPSA) is 97.8 Å². The largest absolute Gasteiger partial charge is 0.503 e. The van der Waals surface area contributed by atoms with Crippen molar-refractivity contribution in [3.8, 4) is 23.0 Å². The van der Waals surface area contributed by atoms with Gasteiger partial charge in [0, 0.05) is 25.2 Å². The van der Waals surface area contributed by atoms with E-state index in [1.807, 2.05) is 18.0 Å². The van der Waals surface area contributed by atoms with Crippen molar-refractivity contribution in [3.05, 3.63) is 89.2 Å². The molecule has 5 rings (SSSR count). The predicted molar refractivity (Wildman–Crippen MR) is 145 cm³/mol. The van der Waals surface area contributed by atoms with E-state index in [0.29, 0.717) is 47.3 Å². The normalized spacial score (nSPS) is 18.3. The number of rotatable bonds is 8. The summed E-state index contributed by atoms with van der Waals surface area (Å²) in [7, 11) is 6.50. The van der Waals surface area contributed by atoms with Crippen LogP contribution in [0.1, 0.15) is 21.5 Å². The Bertz CT molecular complexity index is 1470. The van der Waals surface area contributed by atoms with E-state index in [-0.39, 0.29) is 6.54 Å². The summed E-state index contributed by atoms with van der Waals surface area (Å²) in [6, 6.07) is 17.5. The number of ether oxygens (including phenoxy) is 4. The van der Waals surface area contributed by atoms with Crippen molar-refractivity contribution in [1.29, 1.82) is 0 Å². The minimum atomic E-state index is -1.67. The van der Waals surface area contributed by atoms with E-state index < -0.39 is 23.0 Å². The number of Topliss-reactive ketones (excluding diaryl/α,β-unsaturated/α-hetero) is 1. The first kappa shape index (κ1) is 26.0. The molecule has 3 aromatic carbocycles. The van der Waals surface area contributed by atoms with Crippen molar-refractivity contribution in [3.63, 3.8) is 0 Å². The lowest BCUT2D eigenvalue weighted by molar-refractivity contribution is -0.131. The molecule has 0 aromatic heterocycles. The summed E-state index contributed by atoms with van der Waals surface area (Å²) in [5.41, 5.74) is 0.614. The van der Waals surface area contributed by atoms with Crippen LogP contribution in [0.15, 0.2) is 72.5 Å². The highest BCUT2D eigenvalue weighted by Gasteiger charge is 2.53. The van der Waals surface area contributed by atoms with Crippen molar-refractivity contribution in [2.24, 2.45) is 0 Å². The molecule has 2 aliphatic heterocycles. The Morgan fingerprint density at radius 3 is 2.54 bits per heavy atom. The molecule has 39 heavy (non-hydrogen) atoms. The zero-order valence-electron chi connectivity index (χ0n) is 22.3. The van der Waals surface area contributed by atoms with Gasteiger partial charge in [0.05, 0.1) is 33.6 Å². The number of likely N-dealkylation sites (N-methyl/N-ethyl adjacent to an activating group) is 1. The van der Waals surface area contributed by atoms with Crippen LogP contribution in [0.5, 0.6) is 23.0 Å². The maximum Gasteiger partial charge on any atom is 0.290 e. The Morgan fingerprint density at radius 1 is 1.00 bits per heavy atom. The molecule has 0 aliphatic carbocycles. The minimum Gasteiger partial charge on any atom is -0.503 e. The van der Waals surface area contributed by atoms with Gasteiger partial charge in [-0.2, -0.15) is 0 Å². The van der Waals surface area contributed by atoms with E-state index in [1.54, 1.807) is 61.7 Å². The van der Waals surface area contributed by atoms with E-state index >= 15 is 0 Å². The number of amides is 1. The van der Waals surface area contributed by atoms with Gasteiger partial charge in [-0.15, -0.1) is 0 Å². The monoisotopic (exact) mass is 530 g/mol. The summed E-state index contributed by atoms with van der Waals surface area (Å²) in [6.45, 7) is 1.25. The molecule has 202 valence electrons. The van der Waals surface area contributed by atoms with Crippen molar-refractivity contribution in [2.45, 2.75) is 12.1 Å². The van der Waals surface area contributed by atoms with E-state index in [0.717, 1.165) is 11.3 Å². The first-order valence-corrected chi connectivity index (χ1v) is 12.4. The van der Waals surface area contributed by atoms with Crippen LogP contribution in [-0.2, 0) is 16.9 Å². The van der Waals surface area contributed by atoms with Crippen molar-refractivity contribution in [2.75, 3.05) is 46.4 Å². The molecule has 0 saturated heterocycles. The van der Waals surface area contributed by atoms with Crippen LogP contribution in [-0.4, -0.2) is 63.2 Å². The quantitative estimate of drug-likeness (QED) is 0.435. The number of carbonyl (C=O) groups excluding carboxylic acids is 2. The Hall–Kier alpha value is -4.66. The van der Waals surface area contributed by atoms with Crippen molar-refractivity contribution in [1.82, 2.24) is 4.90 Å². The Balaban J connectivity index is 1.70. The number of carbonyl (C=O) groups is 2. The van der Waals surface area contributed by atoms with Gasteiger partial charge in [0.15, 0.2) is 28.6 Å². The van der Waals surface area contributed by atoms with Crippen molar-refractivity contribution < 1.29 is 33.6 Å². The highest BCUT2D eigenvalue weighted by molar-refractivity contribution is 6.12. The van der Waals surface area contributed by atoms with Crippen LogP contribution in [0.2, 0.25) is 0 Å². The number of aliphatic hydroxyl groups is 1. The summed E-state index contributed by atoms with van der Waals surface area (Å²) < 4.78 is 22.1. The summed E-state index contributed by atoms with van der Waals surface area (Å²) in [5, 5.41) is 10.8. The molecule has 9 heteroatoms. The number of fused-ring (bicyclic) bond motifs is 1. The standard InChI is InChI=1S/C30H30N2O7/c1-31-12-13-39-25-10-8-20(15-23(25)31)28(34)30(21-9-11-26(37-3)27(16-21)38-4)17-24(33)29(35)32(30)18-19-6-5-7-22(14-19)36-2/h5-11,14-17,33H,12-13,18H2,1-4H3. The third-order valence-corrected chi connectivity index (χ3v) is 7.20. The van der Waals surface area contributed by atoms with Crippen LogP contribution in [0.25, 0.3) is 0 Å². The predicted octanol–water partition coefficient (Wildman–Crippen LogP) is 4.10. The van der Waals surface area contributed by atoms with E-state index in [4.69, 9.17) is 18.9 Å². The molecule has 0 fully saturated rings. The number of anilines is 1. The molecule has 2 heterocycles. The Labute approximate surface area is 226 Å².